The minimum absolute atomic E-state index is 0.0945. The quantitative estimate of drug-likeness (QED) is 0.330. The lowest BCUT2D eigenvalue weighted by Gasteiger charge is -2.38. The largest absolute Gasteiger partial charge is 0.417 e. The van der Waals surface area contributed by atoms with E-state index >= 15 is 0 Å². The highest BCUT2D eigenvalue weighted by molar-refractivity contribution is 8.16. The second-order valence-corrected chi connectivity index (χ2v) is 24.9. The maximum absolute atomic E-state index is 13.4. The molecule has 2 saturated carbocycles. The van der Waals surface area contributed by atoms with Gasteiger partial charge in [-0.1, -0.05) is 59.7 Å². The van der Waals surface area contributed by atoms with Gasteiger partial charge in [-0.2, -0.15) is 0 Å². The Labute approximate surface area is 215 Å². The number of thioether (sulfide) groups is 1. The number of hydrogen-bond donors (Lipinski definition) is 1. The highest BCUT2D eigenvalue weighted by atomic mass is 32.2. The summed E-state index contributed by atoms with van der Waals surface area (Å²) in [5.74, 6) is 1.66. The molecule has 0 aromatic carbocycles. The topological polar surface area (TPSA) is 59.9 Å². The Morgan fingerprint density at radius 3 is 1.88 bits per heavy atom. The molecule has 1 aliphatic heterocycles. The maximum atomic E-state index is 13.4. The molecule has 2 aliphatic carbocycles. The monoisotopic (exact) mass is 526 g/mol. The smallest absolute Gasteiger partial charge is 0.242 e. The van der Waals surface area contributed by atoms with Gasteiger partial charge in [-0.05, 0) is 80.2 Å². The van der Waals surface area contributed by atoms with Crippen molar-refractivity contribution in [3.8, 4) is 0 Å². The van der Waals surface area contributed by atoms with Crippen molar-refractivity contribution < 1.29 is 13.6 Å². The predicted molar refractivity (Wildman–Crippen MR) is 151 cm³/mol. The SMILES string of the molecule is CC(C)(C)[Si](C)(C)OCCC1(CCO[Si](C)(C)C(C)(C)C)SC(=NC2CC3CCC2C3)NC1=O. The zero-order valence-electron chi connectivity index (χ0n) is 23.5. The van der Waals surface area contributed by atoms with Crippen LogP contribution in [0.4, 0.5) is 0 Å². The number of nitrogens with zero attached hydrogens (tertiary/aromatic N) is 1. The summed E-state index contributed by atoms with van der Waals surface area (Å²) in [6.45, 7) is 23.9. The van der Waals surface area contributed by atoms with Gasteiger partial charge in [0.1, 0.15) is 4.75 Å². The van der Waals surface area contributed by atoms with E-state index in [1.165, 1.54) is 25.7 Å². The second kappa shape index (κ2) is 9.95. The van der Waals surface area contributed by atoms with Crippen LogP contribution in [0.1, 0.15) is 80.1 Å². The van der Waals surface area contributed by atoms with Crippen LogP contribution in [0.15, 0.2) is 4.99 Å². The van der Waals surface area contributed by atoms with Crippen LogP contribution in [-0.2, 0) is 13.6 Å². The van der Waals surface area contributed by atoms with Crippen molar-refractivity contribution in [2.24, 2.45) is 16.8 Å². The number of aliphatic imine (C=N–C) groups is 1. The molecule has 3 atom stereocenters. The van der Waals surface area contributed by atoms with Crippen LogP contribution in [0.3, 0.4) is 0 Å². The van der Waals surface area contributed by atoms with Crippen molar-refractivity contribution in [1.82, 2.24) is 5.32 Å². The molecule has 0 radical (unpaired) electrons. The Hall–Kier alpha value is -0.156. The molecule has 0 aromatic rings. The summed E-state index contributed by atoms with van der Waals surface area (Å²) in [4.78, 5) is 18.5. The van der Waals surface area contributed by atoms with E-state index in [0.717, 1.165) is 11.1 Å². The maximum Gasteiger partial charge on any atom is 0.242 e. The number of rotatable bonds is 9. The Balaban J connectivity index is 1.71. The standard InChI is InChI=1S/C26H50N2O3SSi2/c1-24(2,3)33(7,8)30-15-13-26(14-16-31-34(9,10)25(4,5)6)22(29)28-23(32-26)27-21-18-19-11-12-20(21)17-19/h19-21H,11-18H2,1-10H3,(H,27,28,29). The van der Waals surface area contributed by atoms with Crippen LogP contribution in [-0.4, -0.2) is 51.7 Å². The molecular weight excluding hydrogens is 477 g/mol. The van der Waals surface area contributed by atoms with E-state index in [2.05, 4.69) is 73.0 Å². The van der Waals surface area contributed by atoms with Gasteiger partial charge in [-0.3, -0.25) is 9.79 Å². The number of fused-ring (bicyclic) bond motifs is 2. The van der Waals surface area contributed by atoms with Gasteiger partial charge >= 0.3 is 0 Å². The van der Waals surface area contributed by atoms with Gasteiger partial charge in [0.15, 0.2) is 21.8 Å². The van der Waals surface area contributed by atoms with Gasteiger partial charge in [0, 0.05) is 13.2 Å². The molecule has 2 bridgehead atoms. The lowest BCUT2D eigenvalue weighted by molar-refractivity contribution is -0.122. The summed E-state index contributed by atoms with van der Waals surface area (Å²) < 4.78 is 12.5. The first-order valence-corrected chi connectivity index (χ1v) is 20.0. The molecule has 196 valence electrons. The molecule has 1 saturated heterocycles. The van der Waals surface area contributed by atoms with Gasteiger partial charge in [0.25, 0.3) is 0 Å². The van der Waals surface area contributed by atoms with Crippen molar-refractivity contribution >= 4 is 39.5 Å². The molecule has 34 heavy (non-hydrogen) atoms. The van der Waals surface area contributed by atoms with E-state index < -0.39 is 21.4 Å². The van der Waals surface area contributed by atoms with Gasteiger partial charge in [0.2, 0.25) is 5.91 Å². The van der Waals surface area contributed by atoms with E-state index in [0.29, 0.717) is 38.0 Å². The number of carbonyl (C=O) groups excluding carboxylic acids is 1. The highest BCUT2D eigenvalue weighted by Gasteiger charge is 2.49. The minimum Gasteiger partial charge on any atom is -0.417 e. The average molecular weight is 527 g/mol. The fourth-order valence-electron chi connectivity index (χ4n) is 4.88. The van der Waals surface area contributed by atoms with Crippen molar-refractivity contribution in [3.05, 3.63) is 0 Å². The van der Waals surface area contributed by atoms with E-state index in [1.54, 1.807) is 11.8 Å². The van der Waals surface area contributed by atoms with Crippen LogP contribution in [0.5, 0.6) is 0 Å². The molecular formula is C26H50N2O3SSi2. The summed E-state index contributed by atoms with van der Waals surface area (Å²) in [7, 11) is -3.74. The molecule has 8 heteroatoms. The first-order chi connectivity index (χ1) is 15.5. The molecule has 1 heterocycles. The molecule has 3 aliphatic rings. The summed E-state index contributed by atoms with van der Waals surface area (Å²) in [6.07, 6.45) is 6.59. The van der Waals surface area contributed by atoms with Crippen molar-refractivity contribution in [2.75, 3.05) is 13.2 Å². The molecule has 0 spiro atoms. The normalized spacial score (nSPS) is 28.7. The highest BCUT2D eigenvalue weighted by Crippen LogP contribution is 2.47. The van der Waals surface area contributed by atoms with E-state index in [4.69, 9.17) is 13.8 Å². The number of hydrogen-bond acceptors (Lipinski definition) is 5. The molecule has 3 unspecified atom stereocenters. The average Bonchev–Trinajstić information content (AvgIpc) is 3.35. The number of amidine groups is 1. The fourth-order valence-corrected chi connectivity index (χ4v) is 8.18. The van der Waals surface area contributed by atoms with Crippen molar-refractivity contribution in [1.29, 1.82) is 0 Å². The molecule has 5 nitrogen and oxygen atoms in total. The third-order valence-electron chi connectivity index (χ3n) is 9.46. The molecule has 1 amide bonds. The van der Waals surface area contributed by atoms with E-state index in [9.17, 15) is 4.79 Å². The third-order valence-corrected chi connectivity index (χ3v) is 19.9. The van der Waals surface area contributed by atoms with Gasteiger partial charge < -0.3 is 14.2 Å². The zero-order valence-corrected chi connectivity index (χ0v) is 26.3. The van der Waals surface area contributed by atoms with Crippen LogP contribution in [0.2, 0.25) is 36.3 Å². The molecule has 0 aromatic heterocycles. The Kier molecular flexibility index (Phi) is 8.32. The van der Waals surface area contributed by atoms with Crippen LogP contribution in [0, 0.1) is 11.8 Å². The lowest BCUT2D eigenvalue weighted by atomic mass is 9.96. The summed E-state index contributed by atoms with van der Waals surface area (Å²) in [5, 5.41) is 4.32. The summed E-state index contributed by atoms with van der Waals surface area (Å²) >= 11 is 1.66. The van der Waals surface area contributed by atoms with E-state index in [-0.39, 0.29) is 16.0 Å². The number of carbonyl (C=O) groups is 1. The van der Waals surface area contributed by atoms with Crippen LogP contribution >= 0.6 is 11.8 Å². The second-order valence-electron chi connectivity index (χ2n) is 13.9. The van der Waals surface area contributed by atoms with E-state index in [1.807, 2.05) is 0 Å². The summed E-state index contributed by atoms with van der Waals surface area (Å²) in [5.41, 5.74) is 0. The Bertz CT molecular complexity index is 754. The molecule has 3 fully saturated rings. The summed E-state index contributed by atoms with van der Waals surface area (Å²) in [6, 6.07) is 0.393. The third kappa shape index (κ3) is 6.21. The zero-order chi connectivity index (χ0) is 25.6. The molecule has 3 rings (SSSR count). The van der Waals surface area contributed by atoms with Crippen molar-refractivity contribution in [2.45, 2.75) is 127 Å². The van der Waals surface area contributed by atoms with Crippen molar-refractivity contribution in [3.63, 3.8) is 0 Å². The first-order valence-electron chi connectivity index (χ1n) is 13.3. The predicted octanol–water partition coefficient (Wildman–Crippen LogP) is 6.96. The van der Waals surface area contributed by atoms with Crippen LogP contribution in [0.25, 0.3) is 0 Å². The lowest BCUT2D eigenvalue weighted by Crippen LogP contribution is -2.45. The van der Waals surface area contributed by atoms with Gasteiger partial charge in [0.05, 0.1) is 6.04 Å². The number of amides is 1. The Morgan fingerprint density at radius 1 is 0.941 bits per heavy atom. The fraction of sp³-hybridized carbons (Fsp3) is 0.923. The van der Waals surface area contributed by atoms with Crippen LogP contribution < -0.4 is 5.32 Å². The molecule has 1 N–H and O–H groups in total. The van der Waals surface area contributed by atoms with Gasteiger partial charge in [-0.15, -0.1) is 0 Å². The number of nitrogens with one attached hydrogen (secondary N) is 1. The Morgan fingerprint density at radius 2 is 1.47 bits per heavy atom. The first kappa shape index (κ1) is 28.4. The minimum atomic E-state index is -1.87. The van der Waals surface area contributed by atoms with Gasteiger partial charge in [-0.25, -0.2) is 0 Å².